The zero-order chi connectivity index (χ0) is 19.1. The molecule has 2 amide bonds. The van der Waals surface area contributed by atoms with Gasteiger partial charge in [-0.2, -0.15) is 0 Å². The van der Waals surface area contributed by atoms with E-state index in [2.05, 4.69) is 10.6 Å². The first-order valence-electron chi connectivity index (χ1n) is 9.33. The second kappa shape index (κ2) is 9.16. The van der Waals surface area contributed by atoms with Crippen molar-refractivity contribution in [2.45, 2.75) is 18.9 Å². The molecule has 0 unspecified atom stereocenters. The molecule has 8 nitrogen and oxygen atoms in total. The van der Waals surface area contributed by atoms with Gasteiger partial charge >= 0.3 is 0 Å². The molecule has 2 N–H and O–H groups in total. The topological polar surface area (TPSA) is 89.1 Å². The Balaban J connectivity index is 1.52. The molecule has 2 aliphatic rings. The molecule has 2 saturated heterocycles. The van der Waals surface area contributed by atoms with Crippen molar-refractivity contribution < 1.29 is 23.8 Å². The molecule has 2 heterocycles. The third kappa shape index (κ3) is 5.41. The van der Waals surface area contributed by atoms with E-state index in [-0.39, 0.29) is 18.2 Å². The molecular formula is C19H27N3O5. The van der Waals surface area contributed by atoms with Crippen LogP contribution in [0.15, 0.2) is 24.3 Å². The number of carbonyl (C=O) groups excluding carboxylic acids is 2. The number of benzene rings is 1. The minimum absolute atomic E-state index is 0.197. The van der Waals surface area contributed by atoms with Crippen LogP contribution in [0.5, 0.6) is 5.75 Å². The van der Waals surface area contributed by atoms with Crippen molar-refractivity contribution in [3.05, 3.63) is 24.3 Å². The largest absolute Gasteiger partial charge is 0.494 e. The van der Waals surface area contributed by atoms with Crippen LogP contribution in [0, 0.1) is 0 Å². The minimum Gasteiger partial charge on any atom is -0.494 e. The summed E-state index contributed by atoms with van der Waals surface area (Å²) in [4.78, 5) is 26.5. The average molecular weight is 377 g/mol. The number of rotatable bonds is 5. The molecule has 8 heteroatoms. The van der Waals surface area contributed by atoms with E-state index >= 15 is 0 Å². The van der Waals surface area contributed by atoms with Crippen LogP contribution in [0.2, 0.25) is 0 Å². The molecule has 2 aliphatic heterocycles. The quantitative estimate of drug-likeness (QED) is 0.732. The van der Waals surface area contributed by atoms with E-state index in [4.69, 9.17) is 14.2 Å². The smallest absolute Gasteiger partial charge is 0.233 e. The van der Waals surface area contributed by atoms with Crippen LogP contribution in [0.1, 0.15) is 13.3 Å². The zero-order valence-electron chi connectivity index (χ0n) is 15.7. The molecule has 2 fully saturated rings. The summed E-state index contributed by atoms with van der Waals surface area (Å²) < 4.78 is 16.9. The molecule has 0 radical (unpaired) electrons. The Labute approximate surface area is 159 Å². The van der Waals surface area contributed by atoms with Crippen LogP contribution in [0.3, 0.4) is 0 Å². The molecule has 1 aromatic rings. The normalized spacial score (nSPS) is 22.9. The fraction of sp³-hybridized carbons (Fsp3) is 0.579. The maximum atomic E-state index is 12.6. The van der Waals surface area contributed by atoms with Crippen molar-refractivity contribution in [2.75, 3.05) is 57.9 Å². The van der Waals surface area contributed by atoms with Gasteiger partial charge in [0.25, 0.3) is 0 Å². The van der Waals surface area contributed by atoms with Gasteiger partial charge in [0.2, 0.25) is 11.8 Å². The Hall–Kier alpha value is -2.16. The Morgan fingerprint density at radius 1 is 1.30 bits per heavy atom. The van der Waals surface area contributed by atoms with Crippen molar-refractivity contribution in [3.8, 4) is 5.75 Å². The number of hydrogen-bond donors (Lipinski definition) is 2. The molecule has 0 aliphatic carbocycles. The lowest BCUT2D eigenvalue weighted by Gasteiger charge is -2.41. The van der Waals surface area contributed by atoms with Crippen molar-refractivity contribution in [1.29, 1.82) is 0 Å². The Morgan fingerprint density at radius 3 is 2.89 bits per heavy atom. The molecule has 3 rings (SSSR count). The summed E-state index contributed by atoms with van der Waals surface area (Å²) in [6.45, 7) is 6.32. The van der Waals surface area contributed by atoms with Gasteiger partial charge in [-0.3, -0.25) is 9.59 Å². The number of ether oxygens (including phenoxy) is 3. The summed E-state index contributed by atoms with van der Waals surface area (Å²) >= 11 is 0. The standard InChI is InChI=1S/C19H27N3O5/c1-2-26-16-5-3-15(4-6-16)21-17(23)11-18(24)22-8-10-27-19(13-22)12-20-7-9-25-14-19/h3-6,20H,2,7-14H2,1H3,(H,21,23)/t19-/m1/s1. The van der Waals surface area contributed by atoms with Gasteiger partial charge in [0.05, 0.1) is 33.0 Å². The van der Waals surface area contributed by atoms with Crippen molar-refractivity contribution >= 4 is 17.5 Å². The Kier molecular flexibility index (Phi) is 6.65. The molecular weight excluding hydrogens is 350 g/mol. The third-order valence-electron chi connectivity index (χ3n) is 4.60. The van der Waals surface area contributed by atoms with Crippen LogP contribution >= 0.6 is 0 Å². The summed E-state index contributed by atoms with van der Waals surface area (Å²) in [5, 5.41) is 6.03. The molecule has 0 saturated carbocycles. The van der Waals surface area contributed by atoms with Gasteiger partial charge in [0.15, 0.2) is 0 Å². The molecule has 0 aromatic heterocycles. The van der Waals surface area contributed by atoms with Crippen LogP contribution in [-0.4, -0.2) is 74.9 Å². The highest BCUT2D eigenvalue weighted by Crippen LogP contribution is 2.21. The number of carbonyl (C=O) groups is 2. The lowest BCUT2D eigenvalue weighted by molar-refractivity contribution is -0.159. The van der Waals surface area contributed by atoms with Crippen LogP contribution in [0.25, 0.3) is 0 Å². The molecule has 27 heavy (non-hydrogen) atoms. The van der Waals surface area contributed by atoms with Crippen LogP contribution in [0.4, 0.5) is 5.69 Å². The van der Waals surface area contributed by atoms with Crippen LogP contribution < -0.4 is 15.4 Å². The predicted molar refractivity (Wildman–Crippen MR) is 99.8 cm³/mol. The highest BCUT2D eigenvalue weighted by Gasteiger charge is 2.39. The minimum atomic E-state index is -0.532. The first-order chi connectivity index (χ1) is 13.1. The van der Waals surface area contributed by atoms with Gasteiger partial charge in [-0.15, -0.1) is 0 Å². The number of amides is 2. The van der Waals surface area contributed by atoms with Gasteiger partial charge in [0.1, 0.15) is 17.8 Å². The Morgan fingerprint density at radius 2 is 2.11 bits per heavy atom. The number of morpholine rings is 1. The van der Waals surface area contributed by atoms with Gasteiger partial charge in [0, 0.05) is 25.3 Å². The van der Waals surface area contributed by atoms with E-state index in [0.29, 0.717) is 51.7 Å². The first-order valence-corrected chi connectivity index (χ1v) is 9.33. The number of nitrogens with one attached hydrogen (secondary N) is 2. The third-order valence-corrected chi connectivity index (χ3v) is 4.60. The molecule has 1 aromatic carbocycles. The number of hydrogen-bond acceptors (Lipinski definition) is 6. The second-order valence-corrected chi connectivity index (χ2v) is 6.76. The van der Waals surface area contributed by atoms with Gasteiger partial charge in [-0.05, 0) is 31.2 Å². The first kappa shape index (κ1) is 19.6. The average Bonchev–Trinajstić information content (AvgIpc) is 2.89. The van der Waals surface area contributed by atoms with Crippen molar-refractivity contribution in [3.63, 3.8) is 0 Å². The number of anilines is 1. The summed E-state index contributed by atoms with van der Waals surface area (Å²) in [5.74, 6) is 0.203. The summed E-state index contributed by atoms with van der Waals surface area (Å²) in [7, 11) is 0. The molecule has 0 bridgehead atoms. The predicted octanol–water partition coefficient (Wildman–Crippen LogP) is 0.631. The highest BCUT2D eigenvalue weighted by atomic mass is 16.5. The molecule has 1 atom stereocenters. The monoisotopic (exact) mass is 377 g/mol. The van der Waals surface area contributed by atoms with E-state index in [1.54, 1.807) is 29.2 Å². The Bertz CT molecular complexity index is 641. The summed E-state index contributed by atoms with van der Waals surface area (Å²) in [5.41, 5.74) is 0.103. The van der Waals surface area contributed by atoms with Crippen molar-refractivity contribution in [2.24, 2.45) is 0 Å². The lowest BCUT2D eigenvalue weighted by Crippen LogP contribution is -2.59. The summed E-state index contributed by atoms with van der Waals surface area (Å²) in [6.07, 6.45) is -0.197. The maximum Gasteiger partial charge on any atom is 0.233 e. The van der Waals surface area contributed by atoms with Gasteiger partial charge in [-0.1, -0.05) is 0 Å². The van der Waals surface area contributed by atoms with E-state index < -0.39 is 5.60 Å². The zero-order valence-corrected chi connectivity index (χ0v) is 15.7. The molecule has 1 spiro atoms. The highest BCUT2D eigenvalue weighted by molar-refractivity contribution is 6.03. The van der Waals surface area contributed by atoms with E-state index in [1.165, 1.54) is 0 Å². The summed E-state index contributed by atoms with van der Waals surface area (Å²) in [6, 6.07) is 7.08. The van der Waals surface area contributed by atoms with E-state index in [0.717, 1.165) is 12.3 Å². The van der Waals surface area contributed by atoms with E-state index in [1.807, 2.05) is 6.92 Å². The van der Waals surface area contributed by atoms with E-state index in [9.17, 15) is 9.59 Å². The van der Waals surface area contributed by atoms with Crippen LogP contribution in [-0.2, 0) is 19.1 Å². The van der Waals surface area contributed by atoms with Gasteiger partial charge in [-0.25, -0.2) is 0 Å². The van der Waals surface area contributed by atoms with Crippen molar-refractivity contribution in [1.82, 2.24) is 10.2 Å². The van der Waals surface area contributed by atoms with Gasteiger partial charge < -0.3 is 29.7 Å². The fourth-order valence-corrected chi connectivity index (χ4v) is 3.28. The maximum absolute atomic E-state index is 12.6. The molecule has 148 valence electrons. The fourth-order valence-electron chi connectivity index (χ4n) is 3.28. The number of nitrogens with zero attached hydrogens (tertiary/aromatic N) is 1. The SMILES string of the molecule is CCOc1ccc(NC(=O)CC(=O)N2CCO[C@]3(CNCCOC3)C2)cc1. The lowest BCUT2D eigenvalue weighted by atomic mass is 10.0. The second-order valence-electron chi connectivity index (χ2n) is 6.76.